The van der Waals surface area contributed by atoms with Gasteiger partial charge in [-0.15, -0.1) is 0 Å². The van der Waals surface area contributed by atoms with Crippen LogP contribution in [0.25, 0.3) is 11.1 Å². The first-order valence-corrected chi connectivity index (χ1v) is 6.16. The van der Waals surface area contributed by atoms with Gasteiger partial charge in [-0.05, 0) is 30.2 Å². The third-order valence-corrected chi connectivity index (χ3v) is 2.94. The number of methoxy groups -OCH3 is 1. The molecule has 0 aromatic heterocycles. The van der Waals surface area contributed by atoms with Gasteiger partial charge >= 0.3 is 6.09 Å². The van der Waals surface area contributed by atoms with Gasteiger partial charge < -0.3 is 4.74 Å². The van der Waals surface area contributed by atoms with Crippen LogP contribution in [0.1, 0.15) is 17.3 Å². The summed E-state index contributed by atoms with van der Waals surface area (Å²) in [7, 11) is 1.32. The average Bonchev–Trinajstić information content (AvgIpc) is 2.48. The fourth-order valence-corrected chi connectivity index (χ4v) is 1.81. The predicted molar refractivity (Wildman–Crippen MR) is 77.9 cm³/mol. The van der Waals surface area contributed by atoms with E-state index in [9.17, 15) is 9.59 Å². The number of benzene rings is 2. The number of hydrogen-bond donors (Lipinski definition) is 1. The van der Waals surface area contributed by atoms with Crippen LogP contribution in [0.2, 0.25) is 0 Å². The second-order valence-corrected chi connectivity index (χ2v) is 4.33. The van der Waals surface area contributed by atoms with Gasteiger partial charge in [0.15, 0.2) is 5.78 Å². The standard InChI is InChI=1S/C16H15NO3/c1-11(18)12-3-5-13(6-4-12)14-7-9-15(10-8-14)17-16(19)20-2/h3-10H,1-2H3,(H,17,19). The molecule has 0 saturated carbocycles. The number of hydrogen-bond acceptors (Lipinski definition) is 3. The highest BCUT2D eigenvalue weighted by molar-refractivity contribution is 5.94. The van der Waals surface area contributed by atoms with Gasteiger partial charge in [-0.1, -0.05) is 36.4 Å². The molecule has 2 rings (SSSR count). The number of ketones is 1. The van der Waals surface area contributed by atoms with Gasteiger partial charge in [0.25, 0.3) is 0 Å². The average molecular weight is 269 g/mol. The Morgan fingerprint density at radius 1 is 0.900 bits per heavy atom. The highest BCUT2D eigenvalue weighted by Gasteiger charge is 2.03. The van der Waals surface area contributed by atoms with Crippen LogP contribution in [0.3, 0.4) is 0 Å². The van der Waals surface area contributed by atoms with Crippen molar-refractivity contribution in [3.05, 3.63) is 54.1 Å². The molecular formula is C16H15NO3. The van der Waals surface area contributed by atoms with Crippen molar-refractivity contribution in [2.45, 2.75) is 6.92 Å². The Bertz CT molecular complexity index is 615. The third kappa shape index (κ3) is 3.23. The monoisotopic (exact) mass is 269 g/mol. The van der Waals surface area contributed by atoms with E-state index in [1.165, 1.54) is 7.11 Å². The Hall–Kier alpha value is -2.62. The molecule has 0 aliphatic rings. The van der Waals surface area contributed by atoms with Crippen molar-refractivity contribution in [1.29, 1.82) is 0 Å². The van der Waals surface area contributed by atoms with E-state index in [4.69, 9.17) is 0 Å². The summed E-state index contributed by atoms with van der Waals surface area (Å²) in [4.78, 5) is 22.3. The van der Waals surface area contributed by atoms with Crippen LogP contribution in [0.5, 0.6) is 0 Å². The van der Waals surface area contributed by atoms with Crippen molar-refractivity contribution in [2.75, 3.05) is 12.4 Å². The summed E-state index contributed by atoms with van der Waals surface area (Å²) in [6, 6.07) is 14.8. The summed E-state index contributed by atoms with van der Waals surface area (Å²) in [5.41, 5.74) is 3.38. The quantitative estimate of drug-likeness (QED) is 0.864. The molecule has 0 spiro atoms. The number of nitrogens with one attached hydrogen (secondary N) is 1. The molecule has 2 aromatic rings. The molecule has 20 heavy (non-hydrogen) atoms. The molecule has 102 valence electrons. The molecule has 0 atom stereocenters. The predicted octanol–water partition coefficient (Wildman–Crippen LogP) is 3.73. The molecule has 1 amide bonds. The number of carbonyl (C=O) groups excluding carboxylic acids is 2. The number of ether oxygens (including phenoxy) is 1. The zero-order chi connectivity index (χ0) is 14.5. The van der Waals surface area contributed by atoms with E-state index in [1.54, 1.807) is 31.2 Å². The van der Waals surface area contributed by atoms with Crippen LogP contribution < -0.4 is 5.32 Å². The maximum absolute atomic E-state index is 11.2. The summed E-state index contributed by atoms with van der Waals surface area (Å²) >= 11 is 0. The van der Waals surface area contributed by atoms with Crippen molar-refractivity contribution < 1.29 is 14.3 Å². The number of amides is 1. The van der Waals surface area contributed by atoms with Gasteiger partial charge in [-0.2, -0.15) is 0 Å². The minimum Gasteiger partial charge on any atom is -0.453 e. The van der Waals surface area contributed by atoms with Crippen LogP contribution in [0.4, 0.5) is 10.5 Å². The summed E-state index contributed by atoms with van der Waals surface area (Å²) < 4.78 is 4.52. The lowest BCUT2D eigenvalue weighted by Crippen LogP contribution is -2.10. The largest absolute Gasteiger partial charge is 0.453 e. The van der Waals surface area contributed by atoms with Gasteiger partial charge in [0.05, 0.1) is 7.11 Å². The lowest BCUT2D eigenvalue weighted by molar-refractivity contribution is 0.101. The van der Waals surface area contributed by atoms with Crippen LogP contribution >= 0.6 is 0 Å². The van der Waals surface area contributed by atoms with Crippen molar-refractivity contribution in [3.63, 3.8) is 0 Å². The third-order valence-electron chi connectivity index (χ3n) is 2.94. The molecule has 4 heteroatoms. The Morgan fingerprint density at radius 3 is 1.85 bits per heavy atom. The Kier molecular flexibility index (Phi) is 4.15. The first kappa shape index (κ1) is 13.8. The van der Waals surface area contributed by atoms with Crippen LogP contribution in [-0.4, -0.2) is 19.0 Å². The van der Waals surface area contributed by atoms with E-state index in [0.29, 0.717) is 11.3 Å². The second kappa shape index (κ2) is 6.02. The minimum atomic E-state index is -0.497. The molecule has 4 nitrogen and oxygen atoms in total. The lowest BCUT2D eigenvalue weighted by atomic mass is 10.0. The first-order valence-electron chi connectivity index (χ1n) is 6.16. The molecule has 0 aliphatic heterocycles. The number of carbonyl (C=O) groups is 2. The smallest absolute Gasteiger partial charge is 0.411 e. The SMILES string of the molecule is COC(=O)Nc1ccc(-c2ccc(C(C)=O)cc2)cc1. The lowest BCUT2D eigenvalue weighted by Gasteiger charge is -2.06. The van der Waals surface area contributed by atoms with E-state index < -0.39 is 6.09 Å². The molecule has 0 bridgehead atoms. The Balaban J connectivity index is 2.17. The van der Waals surface area contributed by atoms with E-state index in [-0.39, 0.29) is 5.78 Å². The van der Waals surface area contributed by atoms with Gasteiger partial charge in [0.1, 0.15) is 0 Å². The zero-order valence-corrected chi connectivity index (χ0v) is 11.3. The molecule has 0 heterocycles. The molecule has 0 aliphatic carbocycles. The molecule has 0 fully saturated rings. The highest BCUT2D eigenvalue weighted by atomic mass is 16.5. The summed E-state index contributed by atoms with van der Waals surface area (Å²) in [6.07, 6.45) is -0.497. The fourth-order valence-electron chi connectivity index (χ4n) is 1.81. The second-order valence-electron chi connectivity index (χ2n) is 4.33. The van der Waals surface area contributed by atoms with E-state index in [1.807, 2.05) is 24.3 Å². The van der Waals surface area contributed by atoms with Gasteiger partial charge in [-0.3, -0.25) is 10.1 Å². The van der Waals surface area contributed by atoms with E-state index >= 15 is 0 Å². The van der Waals surface area contributed by atoms with Gasteiger partial charge in [-0.25, -0.2) is 4.79 Å². The number of anilines is 1. The van der Waals surface area contributed by atoms with E-state index in [0.717, 1.165) is 11.1 Å². The van der Waals surface area contributed by atoms with Crippen molar-refractivity contribution >= 4 is 17.6 Å². The topological polar surface area (TPSA) is 55.4 Å². The minimum absolute atomic E-state index is 0.0502. The van der Waals surface area contributed by atoms with Crippen LogP contribution in [0.15, 0.2) is 48.5 Å². The fraction of sp³-hybridized carbons (Fsp3) is 0.125. The van der Waals surface area contributed by atoms with Crippen LogP contribution in [-0.2, 0) is 4.74 Å². The normalized spacial score (nSPS) is 9.90. The van der Waals surface area contributed by atoms with E-state index in [2.05, 4.69) is 10.1 Å². The summed E-state index contributed by atoms with van der Waals surface area (Å²) in [5.74, 6) is 0.0502. The summed E-state index contributed by atoms with van der Waals surface area (Å²) in [5, 5.41) is 2.59. The first-order chi connectivity index (χ1) is 9.60. The number of rotatable bonds is 3. The zero-order valence-electron chi connectivity index (χ0n) is 11.3. The maximum Gasteiger partial charge on any atom is 0.411 e. The maximum atomic E-state index is 11.2. The van der Waals surface area contributed by atoms with Gasteiger partial charge in [0.2, 0.25) is 0 Å². The van der Waals surface area contributed by atoms with Crippen molar-refractivity contribution in [2.24, 2.45) is 0 Å². The van der Waals surface area contributed by atoms with Gasteiger partial charge in [0, 0.05) is 11.3 Å². The molecule has 0 saturated heterocycles. The summed E-state index contributed by atoms with van der Waals surface area (Å²) in [6.45, 7) is 1.54. The molecule has 1 N–H and O–H groups in total. The Labute approximate surface area is 117 Å². The van der Waals surface area contributed by atoms with Crippen LogP contribution in [0, 0.1) is 0 Å². The van der Waals surface area contributed by atoms with Crippen molar-refractivity contribution in [1.82, 2.24) is 0 Å². The van der Waals surface area contributed by atoms with Crippen molar-refractivity contribution in [3.8, 4) is 11.1 Å². The molecular weight excluding hydrogens is 254 g/mol. The Morgan fingerprint density at radius 2 is 1.40 bits per heavy atom. The number of Topliss-reactive ketones (excluding diaryl/α,β-unsaturated/α-hetero) is 1. The molecule has 0 unspecified atom stereocenters. The molecule has 2 aromatic carbocycles. The molecule has 0 radical (unpaired) electrons. The highest BCUT2D eigenvalue weighted by Crippen LogP contribution is 2.22.